The lowest BCUT2D eigenvalue weighted by molar-refractivity contribution is -0.384. The van der Waals surface area contributed by atoms with Crippen molar-refractivity contribution in [2.75, 3.05) is 5.32 Å². The maximum atomic E-state index is 12.8. The molecule has 4 N–H and O–H groups in total. The minimum absolute atomic E-state index is 0.0732. The molecule has 32 heavy (non-hydrogen) atoms. The highest BCUT2D eigenvalue weighted by Gasteiger charge is 2.26. The smallest absolute Gasteiger partial charge is 0.293 e. The van der Waals surface area contributed by atoms with Gasteiger partial charge in [0.05, 0.1) is 14.7 Å². The first-order valence-electron chi connectivity index (χ1n) is 10.1. The van der Waals surface area contributed by atoms with Crippen molar-refractivity contribution in [1.29, 1.82) is 0 Å². The minimum atomic E-state index is -3.90. The van der Waals surface area contributed by atoms with Gasteiger partial charge in [-0.15, -0.1) is 0 Å². The van der Waals surface area contributed by atoms with Crippen LogP contribution in [-0.4, -0.2) is 27.8 Å². The summed E-state index contributed by atoms with van der Waals surface area (Å²) in [6.45, 7) is 2.21. The Hall–Kier alpha value is -2.54. The van der Waals surface area contributed by atoms with Crippen LogP contribution in [-0.2, 0) is 26.6 Å². The van der Waals surface area contributed by atoms with E-state index >= 15 is 0 Å². The Labute approximate surface area is 187 Å². The van der Waals surface area contributed by atoms with Gasteiger partial charge in [0, 0.05) is 18.7 Å². The van der Waals surface area contributed by atoms with Crippen molar-refractivity contribution in [2.45, 2.75) is 55.0 Å². The van der Waals surface area contributed by atoms with Crippen molar-refractivity contribution in [3.63, 3.8) is 0 Å². The van der Waals surface area contributed by atoms with Gasteiger partial charge in [0.15, 0.2) is 0 Å². The summed E-state index contributed by atoms with van der Waals surface area (Å²) < 4.78 is 51.2. The number of nitro benzene ring substituents is 1. The Morgan fingerprint density at radius 1 is 1.03 bits per heavy atom. The van der Waals surface area contributed by atoms with E-state index in [0.717, 1.165) is 31.7 Å². The second-order valence-electron chi connectivity index (χ2n) is 8.06. The zero-order chi connectivity index (χ0) is 23.5. The highest BCUT2D eigenvalue weighted by atomic mass is 32.2. The molecule has 2 aromatic carbocycles. The predicted octanol–water partition coefficient (Wildman–Crippen LogP) is 2.71. The van der Waals surface area contributed by atoms with Crippen molar-refractivity contribution in [3.8, 4) is 0 Å². The molecular weight excluding hydrogens is 456 g/mol. The number of primary sulfonamides is 1. The highest BCUT2D eigenvalue weighted by molar-refractivity contribution is 7.89. The van der Waals surface area contributed by atoms with E-state index < -0.39 is 30.7 Å². The van der Waals surface area contributed by atoms with E-state index in [2.05, 4.69) is 17.0 Å². The molecule has 0 atom stereocenters. The van der Waals surface area contributed by atoms with Crippen molar-refractivity contribution < 1.29 is 21.8 Å². The maximum absolute atomic E-state index is 12.8. The monoisotopic (exact) mass is 482 g/mol. The molecule has 0 aliphatic heterocycles. The van der Waals surface area contributed by atoms with Crippen LogP contribution in [0, 0.1) is 16.0 Å². The molecule has 0 amide bonds. The van der Waals surface area contributed by atoms with E-state index in [9.17, 15) is 26.9 Å². The van der Waals surface area contributed by atoms with Crippen LogP contribution in [0.15, 0.2) is 52.3 Å². The summed E-state index contributed by atoms with van der Waals surface area (Å²) in [4.78, 5) is 10.7. The third kappa shape index (κ3) is 6.03. The molecule has 1 fully saturated rings. The fourth-order valence-electron chi connectivity index (χ4n) is 3.67. The van der Waals surface area contributed by atoms with Crippen molar-refractivity contribution >= 4 is 31.4 Å². The Morgan fingerprint density at radius 2 is 1.72 bits per heavy atom. The van der Waals surface area contributed by atoms with Crippen LogP contribution in [0.5, 0.6) is 0 Å². The lowest BCUT2D eigenvalue weighted by Gasteiger charge is -2.26. The number of sulfonamides is 2. The summed E-state index contributed by atoms with van der Waals surface area (Å²) in [5, 5.41) is 19.6. The normalized spacial score (nSPS) is 19.4. The number of benzene rings is 2. The van der Waals surface area contributed by atoms with Gasteiger partial charge >= 0.3 is 0 Å². The Bertz CT molecular complexity index is 1210. The first-order chi connectivity index (χ1) is 15.0. The van der Waals surface area contributed by atoms with Gasteiger partial charge in [-0.3, -0.25) is 10.1 Å². The van der Waals surface area contributed by atoms with Crippen LogP contribution in [0.3, 0.4) is 0 Å². The van der Waals surface area contributed by atoms with Crippen molar-refractivity contribution in [3.05, 3.63) is 58.1 Å². The van der Waals surface area contributed by atoms with E-state index in [0.29, 0.717) is 11.5 Å². The number of anilines is 1. The quantitative estimate of drug-likeness (QED) is 0.385. The predicted molar refractivity (Wildman–Crippen MR) is 120 cm³/mol. The molecule has 0 bridgehead atoms. The molecule has 174 valence electrons. The average Bonchev–Trinajstić information content (AvgIpc) is 2.73. The molecule has 10 nitrogen and oxygen atoms in total. The first-order valence-corrected chi connectivity index (χ1v) is 13.1. The van der Waals surface area contributed by atoms with Gasteiger partial charge in [0.25, 0.3) is 5.69 Å². The van der Waals surface area contributed by atoms with Gasteiger partial charge in [0.2, 0.25) is 20.0 Å². The number of nitro groups is 1. The summed E-state index contributed by atoms with van der Waals surface area (Å²) >= 11 is 0. The number of nitrogens with zero attached hydrogens (tertiary/aromatic N) is 1. The molecule has 0 spiro atoms. The fourth-order valence-corrected chi connectivity index (χ4v) is 5.58. The average molecular weight is 483 g/mol. The molecule has 12 heteroatoms. The van der Waals surface area contributed by atoms with Crippen LogP contribution in [0.1, 0.15) is 38.2 Å². The molecule has 0 aromatic heterocycles. The number of nitrogens with two attached hydrogens (primary N) is 1. The molecule has 0 unspecified atom stereocenters. The van der Waals surface area contributed by atoms with Crippen molar-refractivity contribution in [1.82, 2.24) is 4.72 Å². The molecule has 0 heterocycles. The van der Waals surface area contributed by atoms with Gasteiger partial charge in [0.1, 0.15) is 5.69 Å². The van der Waals surface area contributed by atoms with Gasteiger partial charge in [-0.2, -0.15) is 0 Å². The minimum Gasteiger partial charge on any atom is -0.375 e. The van der Waals surface area contributed by atoms with Gasteiger partial charge in [-0.1, -0.05) is 19.1 Å². The highest BCUT2D eigenvalue weighted by Crippen LogP contribution is 2.29. The summed E-state index contributed by atoms with van der Waals surface area (Å²) in [5.41, 5.74) is 0.255. The van der Waals surface area contributed by atoms with Gasteiger partial charge < -0.3 is 5.32 Å². The van der Waals surface area contributed by atoms with E-state index in [1.54, 1.807) is 6.07 Å². The Balaban J connectivity index is 1.78. The topological polar surface area (TPSA) is 162 Å². The van der Waals surface area contributed by atoms with E-state index in [1.807, 2.05) is 0 Å². The van der Waals surface area contributed by atoms with Gasteiger partial charge in [-0.05, 0) is 61.4 Å². The molecule has 3 rings (SSSR count). The van der Waals surface area contributed by atoms with E-state index in [-0.39, 0.29) is 28.1 Å². The third-order valence-corrected chi connectivity index (χ3v) is 7.95. The summed E-state index contributed by atoms with van der Waals surface area (Å²) in [7, 11) is -7.78. The zero-order valence-electron chi connectivity index (χ0n) is 17.5. The summed E-state index contributed by atoms with van der Waals surface area (Å²) in [6.07, 6.45) is 3.34. The summed E-state index contributed by atoms with van der Waals surface area (Å²) in [5.74, 6) is 0.563. The lowest BCUT2D eigenvalue weighted by atomic mass is 9.88. The molecule has 1 aliphatic carbocycles. The largest absolute Gasteiger partial charge is 0.375 e. The first kappa shape index (κ1) is 24.1. The number of nitrogens with one attached hydrogen (secondary N) is 2. The van der Waals surface area contributed by atoms with Crippen LogP contribution in [0.2, 0.25) is 0 Å². The van der Waals surface area contributed by atoms with E-state index in [1.165, 1.54) is 30.3 Å². The van der Waals surface area contributed by atoms with Crippen LogP contribution < -0.4 is 15.2 Å². The maximum Gasteiger partial charge on any atom is 0.293 e. The fraction of sp³-hybridized carbons (Fsp3) is 0.400. The SMILES string of the molecule is CC1CCC(NS(=O)(=O)c2ccc(NCc3cccc(S(N)(=O)=O)c3)c([N+](=O)[O-])c2)CC1. The molecular formula is C20H26N4O6S2. The lowest BCUT2D eigenvalue weighted by Crippen LogP contribution is -2.37. The Morgan fingerprint density at radius 3 is 2.34 bits per heavy atom. The molecule has 2 aromatic rings. The molecule has 1 saturated carbocycles. The molecule has 0 saturated heterocycles. The third-order valence-electron chi connectivity index (χ3n) is 5.52. The zero-order valence-corrected chi connectivity index (χ0v) is 19.2. The molecule has 0 radical (unpaired) electrons. The van der Waals surface area contributed by atoms with Crippen LogP contribution >= 0.6 is 0 Å². The Kier molecular flexibility index (Phi) is 7.18. The molecule has 1 aliphatic rings. The van der Waals surface area contributed by atoms with Crippen molar-refractivity contribution in [2.24, 2.45) is 11.1 Å². The number of hydrogen-bond acceptors (Lipinski definition) is 7. The second kappa shape index (κ2) is 9.53. The number of rotatable bonds is 8. The standard InChI is InChI=1S/C20H26N4O6S2/c1-14-5-7-16(8-6-14)23-32(29,30)18-9-10-19(20(12-18)24(25)26)22-13-15-3-2-4-17(11-15)31(21,27)28/h2-4,9-12,14,16,22-23H,5-8,13H2,1H3,(H2,21,27,28). The van der Waals surface area contributed by atoms with E-state index in [4.69, 9.17) is 5.14 Å². The number of hydrogen-bond donors (Lipinski definition) is 3. The van der Waals surface area contributed by atoms with Crippen LogP contribution in [0.25, 0.3) is 0 Å². The second-order valence-corrected chi connectivity index (χ2v) is 11.3. The van der Waals surface area contributed by atoms with Gasteiger partial charge in [-0.25, -0.2) is 26.7 Å². The summed E-state index contributed by atoms with van der Waals surface area (Å²) in [6, 6.07) is 9.35. The van der Waals surface area contributed by atoms with Crippen LogP contribution in [0.4, 0.5) is 11.4 Å².